The van der Waals surface area contributed by atoms with Gasteiger partial charge in [0.1, 0.15) is 12.4 Å². The number of benzene rings is 1. The van der Waals surface area contributed by atoms with Crippen LogP contribution in [0.4, 0.5) is 0 Å². The van der Waals surface area contributed by atoms with E-state index in [0.717, 1.165) is 37.4 Å². The van der Waals surface area contributed by atoms with Gasteiger partial charge in [-0.2, -0.15) is 0 Å². The van der Waals surface area contributed by atoms with E-state index in [0.29, 0.717) is 6.61 Å². The summed E-state index contributed by atoms with van der Waals surface area (Å²) in [6, 6.07) is 4.60. The predicted octanol–water partition coefficient (Wildman–Crippen LogP) is 5.48. The molecule has 0 unspecified atom stereocenters. The van der Waals surface area contributed by atoms with E-state index in [1.54, 1.807) is 0 Å². The quantitative estimate of drug-likeness (QED) is 0.629. The molecule has 130 valence electrons. The third-order valence-electron chi connectivity index (χ3n) is 4.33. The van der Waals surface area contributed by atoms with Crippen molar-refractivity contribution in [2.45, 2.75) is 66.7 Å². The molecule has 0 atom stereocenters. The molecule has 0 saturated carbocycles. The molecule has 23 heavy (non-hydrogen) atoms. The normalized spacial score (nSPS) is 11.4. The van der Waals surface area contributed by atoms with Gasteiger partial charge < -0.3 is 9.64 Å². The van der Waals surface area contributed by atoms with E-state index in [2.05, 4.69) is 72.1 Å². The first-order valence-corrected chi connectivity index (χ1v) is 8.94. The van der Waals surface area contributed by atoms with Crippen LogP contribution >= 0.6 is 0 Å². The van der Waals surface area contributed by atoms with Gasteiger partial charge in [0.25, 0.3) is 0 Å². The Morgan fingerprint density at radius 1 is 1.13 bits per heavy atom. The topological polar surface area (TPSA) is 12.5 Å². The first-order valence-electron chi connectivity index (χ1n) is 8.94. The summed E-state index contributed by atoms with van der Waals surface area (Å²) in [4.78, 5) is 2.25. The van der Waals surface area contributed by atoms with Crippen molar-refractivity contribution in [3.05, 3.63) is 41.1 Å². The molecule has 0 heterocycles. The summed E-state index contributed by atoms with van der Waals surface area (Å²) in [5.74, 6) is 1.05. The highest BCUT2D eigenvalue weighted by Crippen LogP contribution is 2.32. The fourth-order valence-electron chi connectivity index (χ4n) is 2.86. The first-order chi connectivity index (χ1) is 10.7. The van der Waals surface area contributed by atoms with Crippen LogP contribution in [0.2, 0.25) is 0 Å². The molecule has 0 N–H and O–H groups in total. The lowest BCUT2D eigenvalue weighted by atomic mass is 9.84. The molecular weight excluding hydrogens is 282 g/mol. The van der Waals surface area contributed by atoms with Crippen LogP contribution in [0.3, 0.4) is 0 Å². The van der Waals surface area contributed by atoms with Crippen molar-refractivity contribution in [3.63, 3.8) is 0 Å². The SMILES string of the molecule is C=C(COc1c(C)cc(C(C)(C)C)cc1CCC)N(CC)CC. The largest absolute Gasteiger partial charge is 0.487 e. The molecule has 2 heteroatoms. The lowest BCUT2D eigenvalue weighted by Gasteiger charge is -2.26. The number of likely N-dealkylation sites (N-methyl/N-ethyl adjacent to an activating group) is 1. The van der Waals surface area contributed by atoms with Crippen LogP contribution in [-0.2, 0) is 11.8 Å². The second kappa shape index (κ2) is 8.42. The molecule has 1 rings (SSSR count). The summed E-state index contributed by atoms with van der Waals surface area (Å²) in [5.41, 5.74) is 5.15. The Morgan fingerprint density at radius 2 is 1.74 bits per heavy atom. The summed E-state index contributed by atoms with van der Waals surface area (Å²) in [6.07, 6.45) is 2.18. The molecule has 2 nitrogen and oxygen atoms in total. The molecule has 0 aliphatic heterocycles. The number of aryl methyl sites for hydroxylation is 2. The molecule has 0 aliphatic carbocycles. The Hall–Kier alpha value is -1.44. The molecule has 0 radical (unpaired) electrons. The highest BCUT2D eigenvalue weighted by atomic mass is 16.5. The monoisotopic (exact) mass is 317 g/mol. The minimum Gasteiger partial charge on any atom is -0.487 e. The third-order valence-corrected chi connectivity index (χ3v) is 4.33. The highest BCUT2D eigenvalue weighted by Gasteiger charge is 2.18. The Balaban J connectivity index is 3.03. The maximum atomic E-state index is 6.19. The van der Waals surface area contributed by atoms with Gasteiger partial charge >= 0.3 is 0 Å². The third kappa shape index (κ3) is 5.30. The van der Waals surface area contributed by atoms with Crippen LogP contribution in [0.25, 0.3) is 0 Å². The Morgan fingerprint density at radius 3 is 2.22 bits per heavy atom. The van der Waals surface area contributed by atoms with Crippen molar-refractivity contribution in [1.82, 2.24) is 4.90 Å². The van der Waals surface area contributed by atoms with Gasteiger partial charge in [-0.05, 0) is 49.3 Å². The number of nitrogens with zero attached hydrogens (tertiary/aromatic N) is 1. The van der Waals surface area contributed by atoms with Gasteiger partial charge in [0.15, 0.2) is 0 Å². The van der Waals surface area contributed by atoms with E-state index in [9.17, 15) is 0 Å². The summed E-state index contributed by atoms with van der Waals surface area (Å²) >= 11 is 0. The number of hydrogen-bond acceptors (Lipinski definition) is 2. The molecule has 1 aromatic rings. The highest BCUT2D eigenvalue weighted by molar-refractivity contribution is 5.46. The lowest BCUT2D eigenvalue weighted by Crippen LogP contribution is -2.25. The zero-order valence-corrected chi connectivity index (χ0v) is 16.3. The zero-order chi connectivity index (χ0) is 17.6. The fraction of sp³-hybridized carbons (Fsp3) is 0.619. The minimum absolute atomic E-state index is 0.163. The fourth-order valence-corrected chi connectivity index (χ4v) is 2.86. The molecule has 0 amide bonds. The van der Waals surface area contributed by atoms with Crippen LogP contribution in [-0.4, -0.2) is 24.6 Å². The van der Waals surface area contributed by atoms with Crippen LogP contribution in [0.15, 0.2) is 24.4 Å². The van der Waals surface area contributed by atoms with Gasteiger partial charge in [-0.15, -0.1) is 0 Å². The summed E-state index contributed by atoms with van der Waals surface area (Å²) in [7, 11) is 0. The van der Waals surface area contributed by atoms with Crippen molar-refractivity contribution in [2.75, 3.05) is 19.7 Å². The van der Waals surface area contributed by atoms with Gasteiger partial charge in [-0.3, -0.25) is 0 Å². The second-order valence-electron chi connectivity index (χ2n) is 7.31. The molecule has 0 bridgehead atoms. The number of rotatable bonds is 8. The van der Waals surface area contributed by atoms with Gasteiger partial charge in [0.2, 0.25) is 0 Å². The molecule has 0 aliphatic rings. The van der Waals surface area contributed by atoms with Crippen LogP contribution in [0.1, 0.15) is 64.7 Å². The van der Waals surface area contributed by atoms with E-state index in [1.165, 1.54) is 16.7 Å². The predicted molar refractivity (Wildman–Crippen MR) is 101 cm³/mol. The number of ether oxygens (including phenoxy) is 1. The van der Waals surface area contributed by atoms with Crippen molar-refractivity contribution < 1.29 is 4.74 Å². The van der Waals surface area contributed by atoms with Crippen molar-refractivity contribution in [3.8, 4) is 5.75 Å². The molecular formula is C21H35NO. The van der Waals surface area contributed by atoms with Gasteiger partial charge in [-0.1, -0.05) is 52.8 Å². The van der Waals surface area contributed by atoms with Crippen molar-refractivity contribution >= 4 is 0 Å². The summed E-state index contributed by atoms with van der Waals surface area (Å²) < 4.78 is 6.19. The van der Waals surface area contributed by atoms with E-state index in [1.807, 2.05) is 0 Å². The van der Waals surface area contributed by atoms with E-state index in [-0.39, 0.29) is 5.41 Å². The second-order valence-corrected chi connectivity index (χ2v) is 7.31. The standard InChI is InChI=1S/C21H35NO/c1-9-12-18-14-19(21(6,7)8)13-16(4)20(18)23-15-17(5)22(10-2)11-3/h13-14H,5,9-12,15H2,1-4,6-8H3. The smallest absolute Gasteiger partial charge is 0.127 e. The van der Waals surface area contributed by atoms with Crippen LogP contribution in [0, 0.1) is 6.92 Å². The maximum absolute atomic E-state index is 6.19. The average molecular weight is 318 g/mol. The Labute approximate surface area is 143 Å². The molecule has 0 fully saturated rings. The van der Waals surface area contributed by atoms with Gasteiger partial charge in [-0.25, -0.2) is 0 Å². The Kier molecular flexibility index (Phi) is 7.18. The van der Waals surface area contributed by atoms with Gasteiger partial charge in [0.05, 0.1) is 0 Å². The lowest BCUT2D eigenvalue weighted by molar-refractivity contribution is 0.277. The van der Waals surface area contributed by atoms with Crippen LogP contribution in [0.5, 0.6) is 5.75 Å². The maximum Gasteiger partial charge on any atom is 0.127 e. The summed E-state index contributed by atoms with van der Waals surface area (Å²) in [5, 5.41) is 0. The van der Waals surface area contributed by atoms with E-state index < -0.39 is 0 Å². The molecule has 0 aromatic heterocycles. The zero-order valence-electron chi connectivity index (χ0n) is 16.3. The van der Waals surface area contributed by atoms with Gasteiger partial charge in [0, 0.05) is 18.8 Å². The summed E-state index contributed by atoms with van der Waals surface area (Å²) in [6.45, 7) is 22.2. The van der Waals surface area contributed by atoms with Crippen molar-refractivity contribution in [1.29, 1.82) is 0 Å². The molecule has 1 aromatic carbocycles. The first kappa shape index (κ1) is 19.6. The Bertz CT molecular complexity index is 521. The molecule has 0 spiro atoms. The van der Waals surface area contributed by atoms with Crippen LogP contribution < -0.4 is 4.74 Å². The van der Waals surface area contributed by atoms with Crippen molar-refractivity contribution in [2.24, 2.45) is 0 Å². The van der Waals surface area contributed by atoms with E-state index in [4.69, 9.17) is 4.74 Å². The average Bonchev–Trinajstić information content (AvgIpc) is 2.46. The van der Waals surface area contributed by atoms with E-state index >= 15 is 0 Å². The molecule has 0 saturated heterocycles. The number of hydrogen-bond donors (Lipinski definition) is 0. The minimum atomic E-state index is 0.163.